The van der Waals surface area contributed by atoms with E-state index in [0.717, 1.165) is 0 Å². The highest BCUT2D eigenvalue weighted by atomic mass is 35.5. The van der Waals surface area contributed by atoms with Crippen LogP contribution in [0, 0.1) is 29.1 Å². The molecule has 0 aliphatic rings. The first-order valence-electron chi connectivity index (χ1n) is 3.01. The maximum absolute atomic E-state index is 12.3. The number of hydrogen-bond acceptors (Lipinski definition) is 0. The SMILES string of the molecule is BCl.Fc1c(F)c(F)c(Cl)c(F)c1F. The quantitative estimate of drug-likeness (QED) is 0.288. The van der Waals surface area contributed by atoms with E-state index < -0.39 is 34.1 Å². The Labute approximate surface area is 86.9 Å². The van der Waals surface area contributed by atoms with Gasteiger partial charge >= 0.3 is 0 Å². The fourth-order valence-electron chi connectivity index (χ4n) is 0.578. The molecular weight excluding hydrogens is 249 g/mol. The van der Waals surface area contributed by atoms with Gasteiger partial charge in [0.05, 0.1) is 0 Å². The van der Waals surface area contributed by atoms with E-state index in [1.54, 1.807) is 0 Å². The summed E-state index contributed by atoms with van der Waals surface area (Å²) in [5.41, 5.74) is 0. The Morgan fingerprint density at radius 1 is 0.643 bits per heavy atom. The summed E-state index contributed by atoms with van der Waals surface area (Å²) in [6.07, 6.45) is 0. The average Bonchev–Trinajstić information content (AvgIpc) is 2.24. The van der Waals surface area contributed by atoms with Crippen LogP contribution in [-0.2, 0) is 0 Å². The minimum atomic E-state index is -2.21. The van der Waals surface area contributed by atoms with Crippen LogP contribution in [0.2, 0.25) is 5.02 Å². The van der Waals surface area contributed by atoms with Crippen LogP contribution in [-0.4, -0.2) is 7.26 Å². The Balaban J connectivity index is 0.000000791. The predicted molar refractivity (Wildman–Crippen MR) is 45.6 cm³/mol. The van der Waals surface area contributed by atoms with Gasteiger partial charge in [-0.3, -0.25) is 0 Å². The molecule has 1 aromatic carbocycles. The highest BCUT2D eigenvalue weighted by molar-refractivity contribution is 6.80. The minimum Gasteiger partial charge on any atom is -0.206 e. The summed E-state index contributed by atoms with van der Waals surface area (Å²) in [7, 11) is 1.47. The van der Waals surface area contributed by atoms with Crippen LogP contribution >= 0.6 is 23.1 Å². The fraction of sp³-hybridized carbons (Fsp3) is 0. The summed E-state index contributed by atoms with van der Waals surface area (Å²) >= 11 is 9.40. The van der Waals surface area contributed by atoms with E-state index in [1.165, 1.54) is 7.26 Å². The fourth-order valence-corrected chi connectivity index (χ4v) is 0.744. The Hall–Kier alpha value is -0.485. The summed E-state index contributed by atoms with van der Waals surface area (Å²) in [6, 6.07) is 0. The third-order valence-corrected chi connectivity index (χ3v) is 1.49. The van der Waals surface area contributed by atoms with E-state index in [2.05, 4.69) is 11.5 Å². The van der Waals surface area contributed by atoms with E-state index in [0.29, 0.717) is 0 Å². The zero-order chi connectivity index (χ0) is 11.5. The highest BCUT2D eigenvalue weighted by Gasteiger charge is 2.24. The third-order valence-electron chi connectivity index (χ3n) is 1.16. The smallest absolute Gasteiger partial charge is 0.206 e. The number of halogens is 7. The third kappa shape index (κ3) is 2.30. The molecule has 0 nitrogen and oxygen atoms in total. The van der Waals surface area contributed by atoms with Crippen LogP contribution in [0.1, 0.15) is 0 Å². The van der Waals surface area contributed by atoms with Gasteiger partial charge in [-0.15, -0.1) is 0 Å². The molecule has 0 spiro atoms. The molecule has 0 aliphatic carbocycles. The summed E-state index contributed by atoms with van der Waals surface area (Å²) < 4.78 is 61.1. The second kappa shape index (κ2) is 5.41. The highest BCUT2D eigenvalue weighted by Crippen LogP contribution is 2.26. The molecule has 14 heavy (non-hydrogen) atoms. The molecule has 0 amide bonds. The zero-order valence-electron chi connectivity index (χ0n) is 6.65. The van der Waals surface area contributed by atoms with Gasteiger partial charge in [-0.1, -0.05) is 11.6 Å². The second-order valence-electron chi connectivity index (χ2n) is 1.88. The van der Waals surface area contributed by atoms with Gasteiger partial charge in [0.25, 0.3) is 0 Å². The molecule has 0 aliphatic heterocycles. The van der Waals surface area contributed by atoms with Gasteiger partial charge in [-0.05, 0) is 0 Å². The molecule has 0 radical (unpaired) electrons. The zero-order valence-corrected chi connectivity index (χ0v) is 8.16. The molecule has 0 saturated carbocycles. The molecule has 0 atom stereocenters. The summed E-state index contributed by atoms with van der Waals surface area (Å²) in [4.78, 5) is 0. The molecule has 0 aromatic heterocycles. The van der Waals surface area contributed by atoms with Crippen molar-refractivity contribution in [2.24, 2.45) is 0 Å². The van der Waals surface area contributed by atoms with E-state index >= 15 is 0 Å². The first-order valence-corrected chi connectivity index (χ1v) is 4.15. The first kappa shape index (κ1) is 13.5. The number of benzene rings is 1. The van der Waals surface area contributed by atoms with Gasteiger partial charge in [0.15, 0.2) is 23.3 Å². The van der Waals surface area contributed by atoms with E-state index in [-0.39, 0.29) is 0 Å². The lowest BCUT2D eigenvalue weighted by Crippen LogP contribution is -2.00. The molecule has 0 bridgehead atoms. The van der Waals surface area contributed by atoms with Crippen LogP contribution in [0.15, 0.2) is 0 Å². The lowest BCUT2D eigenvalue weighted by molar-refractivity contribution is 0.379. The minimum absolute atomic E-state index is 1.40. The van der Waals surface area contributed by atoms with Crippen molar-refractivity contribution in [3.8, 4) is 0 Å². The standard InChI is InChI=1S/C6ClF5.BClH2/c7-1-2(8)4(10)6(12)5(11)3(1)9;1-2/h;1H2. The van der Waals surface area contributed by atoms with Gasteiger partial charge in [0.1, 0.15) is 5.02 Å². The normalized spacial score (nSPS) is 9.36. The van der Waals surface area contributed by atoms with Gasteiger partial charge < -0.3 is 0 Å². The molecule has 1 aromatic rings. The largest absolute Gasteiger partial charge is 0.215 e. The molecule has 0 heterocycles. The van der Waals surface area contributed by atoms with Crippen molar-refractivity contribution in [3.63, 3.8) is 0 Å². The maximum Gasteiger partial charge on any atom is 0.215 e. The number of hydrogen-bond donors (Lipinski definition) is 0. The molecule has 78 valence electrons. The molecule has 0 unspecified atom stereocenters. The van der Waals surface area contributed by atoms with Crippen molar-refractivity contribution in [2.45, 2.75) is 0 Å². The van der Waals surface area contributed by atoms with Crippen LogP contribution in [0.25, 0.3) is 0 Å². The lowest BCUT2D eigenvalue weighted by Gasteiger charge is -2.00. The molecule has 1 rings (SSSR count). The summed E-state index contributed by atoms with van der Waals surface area (Å²) in [5, 5.41) is -1.40. The van der Waals surface area contributed by atoms with Gasteiger partial charge in [-0.2, -0.15) is 0 Å². The van der Waals surface area contributed by atoms with Crippen LogP contribution < -0.4 is 0 Å². The van der Waals surface area contributed by atoms with Crippen LogP contribution in [0.4, 0.5) is 22.0 Å². The molecule has 8 heteroatoms. The lowest BCUT2D eigenvalue weighted by atomic mass is 10.3. The number of rotatable bonds is 0. The Bertz CT molecular complexity index is 238. The Morgan fingerprint density at radius 2 is 0.857 bits per heavy atom. The second-order valence-corrected chi connectivity index (χ2v) is 2.26. The van der Waals surface area contributed by atoms with Crippen molar-refractivity contribution in [2.75, 3.05) is 0 Å². The molecule has 0 fully saturated rings. The van der Waals surface area contributed by atoms with Gasteiger partial charge in [-0.25, -0.2) is 33.4 Å². The summed E-state index contributed by atoms with van der Waals surface area (Å²) in [6.45, 7) is 0. The van der Waals surface area contributed by atoms with Crippen molar-refractivity contribution >= 4 is 30.3 Å². The van der Waals surface area contributed by atoms with Gasteiger partial charge in [0.2, 0.25) is 13.1 Å². The topological polar surface area (TPSA) is 0 Å². The molecule has 0 N–H and O–H groups in total. The van der Waals surface area contributed by atoms with Crippen LogP contribution in [0.5, 0.6) is 0 Å². The summed E-state index contributed by atoms with van der Waals surface area (Å²) in [5.74, 6) is -10.3. The molecular formula is C6H2BCl2F5. The van der Waals surface area contributed by atoms with Gasteiger partial charge in [0, 0.05) is 0 Å². The Kier molecular flexibility index (Phi) is 5.22. The monoisotopic (exact) mass is 250 g/mol. The predicted octanol–water partition coefficient (Wildman–Crippen LogP) is 2.81. The van der Waals surface area contributed by atoms with E-state index in [1.807, 2.05) is 0 Å². The molecule has 0 saturated heterocycles. The average molecular weight is 251 g/mol. The van der Waals surface area contributed by atoms with E-state index in [4.69, 9.17) is 11.6 Å². The Morgan fingerprint density at radius 3 is 1.14 bits per heavy atom. The first-order chi connectivity index (χ1) is 6.46. The maximum atomic E-state index is 12.3. The van der Waals surface area contributed by atoms with Crippen molar-refractivity contribution in [1.82, 2.24) is 0 Å². The van der Waals surface area contributed by atoms with Crippen molar-refractivity contribution < 1.29 is 22.0 Å². The van der Waals surface area contributed by atoms with Crippen molar-refractivity contribution in [1.29, 1.82) is 0 Å². The van der Waals surface area contributed by atoms with Crippen LogP contribution in [0.3, 0.4) is 0 Å². The van der Waals surface area contributed by atoms with E-state index in [9.17, 15) is 22.0 Å². The van der Waals surface area contributed by atoms with Crippen molar-refractivity contribution in [3.05, 3.63) is 34.1 Å².